The molecule has 2 nitrogen and oxygen atoms in total. The Labute approximate surface area is 105 Å². The molecule has 16 heavy (non-hydrogen) atoms. The maximum absolute atomic E-state index is 11.4. The first-order chi connectivity index (χ1) is 7.61. The molecule has 0 saturated carbocycles. The molecule has 0 radical (unpaired) electrons. The number of thioether (sulfide) groups is 1. The number of Topliss-reactive ketones (excluding diaryl/α,β-unsaturated/α-hetero) is 1. The number of benzene rings is 1. The van der Waals surface area contributed by atoms with Crippen LogP contribution in [0.2, 0.25) is 0 Å². The topological polar surface area (TPSA) is 26.3 Å². The maximum atomic E-state index is 11.4. The molecule has 4 heteroatoms. The molecular formula is C12H15ClO2S. The van der Waals surface area contributed by atoms with Crippen molar-refractivity contribution >= 4 is 29.1 Å². The molecule has 1 unspecified atom stereocenters. The second kappa shape index (κ2) is 6.16. The third kappa shape index (κ3) is 2.92. The van der Waals surface area contributed by atoms with Crippen molar-refractivity contribution in [3.63, 3.8) is 0 Å². The van der Waals surface area contributed by atoms with Gasteiger partial charge in [-0.25, -0.2) is 0 Å². The van der Waals surface area contributed by atoms with E-state index >= 15 is 0 Å². The first kappa shape index (κ1) is 13.4. The third-order valence-corrected chi connectivity index (χ3v) is 3.48. The fraction of sp³-hybridized carbons (Fsp3) is 0.417. The van der Waals surface area contributed by atoms with E-state index in [0.29, 0.717) is 12.4 Å². The Hall–Kier alpha value is -0.670. The number of hydrogen-bond acceptors (Lipinski definition) is 3. The van der Waals surface area contributed by atoms with E-state index in [1.807, 2.05) is 31.4 Å². The van der Waals surface area contributed by atoms with Crippen molar-refractivity contribution in [3.8, 4) is 5.75 Å². The average Bonchev–Trinajstić information content (AvgIpc) is 2.28. The van der Waals surface area contributed by atoms with Crippen LogP contribution in [0.3, 0.4) is 0 Å². The van der Waals surface area contributed by atoms with Gasteiger partial charge in [-0.3, -0.25) is 4.79 Å². The second-order valence-electron chi connectivity index (χ2n) is 3.28. The molecule has 0 N–H and O–H groups in total. The molecular weight excluding hydrogens is 244 g/mol. The van der Waals surface area contributed by atoms with Crippen LogP contribution in [-0.2, 0) is 4.79 Å². The summed E-state index contributed by atoms with van der Waals surface area (Å²) in [5.41, 5.74) is 0.783. The standard InChI is InChI=1S/C12H15ClO2S/c1-4-15-9-6-5-7-10(16-3)11(9)12(13)8(2)14/h5-7,12H,4H2,1-3H3. The first-order valence-corrected chi connectivity index (χ1v) is 6.72. The van der Waals surface area contributed by atoms with Crippen molar-refractivity contribution in [1.29, 1.82) is 0 Å². The second-order valence-corrected chi connectivity index (χ2v) is 4.56. The van der Waals surface area contributed by atoms with Gasteiger partial charge in [0.25, 0.3) is 0 Å². The number of hydrogen-bond donors (Lipinski definition) is 0. The Morgan fingerprint density at radius 3 is 2.75 bits per heavy atom. The summed E-state index contributed by atoms with van der Waals surface area (Å²) in [5, 5.41) is -0.634. The van der Waals surface area contributed by atoms with Crippen molar-refractivity contribution in [2.24, 2.45) is 0 Å². The van der Waals surface area contributed by atoms with Crippen molar-refractivity contribution in [3.05, 3.63) is 23.8 Å². The monoisotopic (exact) mass is 258 g/mol. The van der Waals surface area contributed by atoms with Crippen LogP contribution in [0, 0.1) is 0 Å². The van der Waals surface area contributed by atoms with Gasteiger partial charge in [0.05, 0.1) is 6.61 Å². The molecule has 0 bridgehead atoms. The minimum Gasteiger partial charge on any atom is -0.493 e. The Kier molecular flexibility index (Phi) is 5.16. The van der Waals surface area contributed by atoms with Crippen molar-refractivity contribution < 1.29 is 9.53 Å². The van der Waals surface area contributed by atoms with Crippen molar-refractivity contribution in [1.82, 2.24) is 0 Å². The predicted molar refractivity (Wildman–Crippen MR) is 68.7 cm³/mol. The lowest BCUT2D eigenvalue weighted by molar-refractivity contribution is -0.116. The highest BCUT2D eigenvalue weighted by Gasteiger charge is 2.21. The van der Waals surface area contributed by atoms with Crippen LogP contribution in [0.4, 0.5) is 0 Å². The van der Waals surface area contributed by atoms with Gasteiger partial charge in [-0.2, -0.15) is 0 Å². The van der Waals surface area contributed by atoms with Crippen LogP contribution in [0.5, 0.6) is 5.75 Å². The molecule has 1 aromatic rings. The van der Waals surface area contributed by atoms with E-state index in [-0.39, 0.29) is 5.78 Å². The van der Waals surface area contributed by atoms with Crippen LogP contribution < -0.4 is 4.74 Å². The predicted octanol–water partition coefficient (Wildman–Crippen LogP) is 3.68. The minimum atomic E-state index is -0.634. The molecule has 88 valence electrons. The van der Waals surface area contributed by atoms with Gasteiger partial charge in [0.1, 0.15) is 11.1 Å². The SMILES string of the molecule is CCOc1cccc(SC)c1C(Cl)C(C)=O. The van der Waals surface area contributed by atoms with Gasteiger partial charge < -0.3 is 4.74 Å². The van der Waals surface area contributed by atoms with Gasteiger partial charge >= 0.3 is 0 Å². The summed E-state index contributed by atoms with van der Waals surface area (Å²) in [6, 6.07) is 5.70. The molecule has 0 saturated heterocycles. The number of halogens is 1. The Morgan fingerprint density at radius 2 is 2.25 bits per heavy atom. The smallest absolute Gasteiger partial charge is 0.152 e. The fourth-order valence-corrected chi connectivity index (χ4v) is 2.38. The molecule has 0 aliphatic heterocycles. The summed E-state index contributed by atoms with van der Waals surface area (Å²) >= 11 is 7.69. The average molecular weight is 259 g/mol. The molecule has 0 aliphatic rings. The molecule has 0 fully saturated rings. The number of ketones is 1. The van der Waals surface area contributed by atoms with Gasteiger partial charge in [0, 0.05) is 10.5 Å². The highest BCUT2D eigenvalue weighted by atomic mass is 35.5. The Bertz CT molecular complexity index is 379. The van der Waals surface area contributed by atoms with Crippen LogP contribution in [0.1, 0.15) is 24.8 Å². The van der Waals surface area contributed by atoms with E-state index in [0.717, 1.165) is 10.5 Å². The zero-order valence-corrected chi connectivity index (χ0v) is 11.2. The van der Waals surface area contributed by atoms with Gasteiger partial charge in [-0.1, -0.05) is 6.07 Å². The normalized spacial score (nSPS) is 12.2. The lowest BCUT2D eigenvalue weighted by Crippen LogP contribution is -2.06. The zero-order valence-electron chi connectivity index (χ0n) is 9.62. The van der Waals surface area contributed by atoms with E-state index in [9.17, 15) is 4.79 Å². The fourth-order valence-electron chi connectivity index (χ4n) is 1.44. The van der Waals surface area contributed by atoms with Crippen LogP contribution in [0.15, 0.2) is 23.1 Å². The molecule has 0 aliphatic carbocycles. The molecule has 0 heterocycles. The van der Waals surface area contributed by atoms with Crippen LogP contribution in [-0.4, -0.2) is 18.6 Å². The summed E-state index contributed by atoms with van der Waals surface area (Å²) < 4.78 is 5.50. The number of rotatable bonds is 5. The molecule has 0 aromatic heterocycles. The zero-order chi connectivity index (χ0) is 12.1. The summed E-state index contributed by atoms with van der Waals surface area (Å²) in [6.45, 7) is 3.96. The number of alkyl halides is 1. The van der Waals surface area contributed by atoms with Crippen LogP contribution in [0.25, 0.3) is 0 Å². The molecule has 1 aromatic carbocycles. The van der Waals surface area contributed by atoms with E-state index in [4.69, 9.17) is 16.3 Å². The summed E-state index contributed by atoms with van der Waals surface area (Å²) in [7, 11) is 0. The van der Waals surface area contributed by atoms with E-state index in [1.165, 1.54) is 6.92 Å². The highest BCUT2D eigenvalue weighted by Crippen LogP contribution is 2.37. The molecule has 1 rings (SSSR count). The maximum Gasteiger partial charge on any atom is 0.152 e. The quantitative estimate of drug-likeness (QED) is 0.595. The number of carbonyl (C=O) groups excluding carboxylic acids is 1. The minimum absolute atomic E-state index is 0.0656. The summed E-state index contributed by atoms with van der Waals surface area (Å²) in [6.07, 6.45) is 1.96. The third-order valence-electron chi connectivity index (χ3n) is 2.16. The van der Waals surface area contributed by atoms with Crippen LogP contribution >= 0.6 is 23.4 Å². The van der Waals surface area contributed by atoms with Gasteiger partial charge in [0.15, 0.2) is 5.78 Å². The molecule has 0 amide bonds. The molecule has 1 atom stereocenters. The van der Waals surface area contributed by atoms with Gasteiger partial charge in [-0.15, -0.1) is 23.4 Å². The Morgan fingerprint density at radius 1 is 1.56 bits per heavy atom. The first-order valence-electron chi connectivity index (χ1n) is 5.06. The Balaban J connectivity index is 3.23. The number of carbonyl (C=O) groups is 1. The van der Waals surface area contributed by atoms with E-state index < -0.39 is 5.38 Å². The highest BCUT2D eigenvalue weighted by molar-refractivity contribution is 7.98. The van der Waals surface area contributed by atoms with E-state index in [2.05, 4.69) is 0 Å². The van der Waals surface area contributed by atoms with Gasteiger partial charge in [-0.05, 0) is 32.2 Å². The number of ether oxygens (including phenoxy) is 1. The summed E-state index contributed by atoms with van der Waals surface area (Å²) in [4.78, 5) is 12.4. The molecule has 0 spiro atoms. The van der Waals surface area contributed by atoms with Crippen molar-refractivity contribution in [2.45, 2.75) is 24.1 Å². The van der Waals surface area contributed by atoms with Gasteiger partial charge in [0.2, 0.25) is 0 Å². The largest absolute Gasteiger partial charge is 0.493 e. The lowest BCUT2D eigenvalue weighted by atomic mass is 10.1. The lowest BCUT2D eigenvalue weighted by Gasteiger charge is -2.16. The van der Waals surface area contributed by atoms with Crippen molar-refractivity contribution in [2.75, 3.05) is 12.9 Å². The van der Waals surface area contributed by atoms with E-state index in [1.54, 1.807) is 11.8 Å². The summed E-state index contributed by atoms with van der Waals surface area (Å²) in [5.74, 6) is 0.633.